The van der Waals surface area contributed by atoms with E-state index in [0.717, 1.165) is 16.7 Å². The summed E-state index contributed by atoms with van der Waals surface area (Å²) in [6.07, 6.45) is 0. The van der Waals surface area contributed by atoms with Crippen LogP contribution in [0, 0.1) is 11.8 Å². The summed E-state index contributed by atoms with van der Waals surface area (Å²) in [4.78, 5) is 12.1. The van der Waals surface area contributed by atoms with Crippen molar-refractivity contribution >= 4 is 5.91 Å². The minimum Gasteiger partial charge on any atom is -0.363 e. The molecule has 2 aromatic carbocycles. The molecule has 0 saturated carbocycles. The standard InChI is InChI=1S/C21H23NO3/c1-21(2,3)25-15-7-8-16-11-13-18(14-12-16)19(20(23)22-24)17-9-5-4-6-10-17/h4-6,9-14,19,24H,15H2,1-3H3,(H,22,23). The molecule has 25 heavy (non-hydrogen) atoms. The van der Waals surface area contributed by atoms with Crippen molar-refractivity contribution in [2.75, 3.05) is 6.61 Å². The molecule has 4 heteroatoms. The Kier molecular flexibility index (Phi) is 6.35. The van der Waals surface area contributed by atoms with Crippen LogP contribution in [-0.2, 0) is 9.53 Å². The Morgan fingerprint density at radius 1 is 1.08 bits per heavy atom. The summed E-state index contributed by atoms with van der Waals surface area (Å²) in [7, 11) is 0. The van der Waals surface area contributed by atoms with E-state index in [1.54, 1.807) is 5.48 Å². The average Bonchev–Trinajstić information content (AvgIpc) is 2.60. The van der Waals surface area contributed by atoms with Crippen molar-refractivity contribution in [3.05, 3.63) is 71.3 Å². The van der Waals surface area contributed by atoms with Crippen LogP contribution in [-0.4, -0.2) is 23.3 Å². The van der Waals surface area contributed by atoms with Gasteiger partial charge in [0, 0.05) is 5.56 Å². The van der Waals surface area contributed by atoms with Gasteiger partial charge in [-0.05, 0) is 44.0 Å². The van der Waals surface area contributed by atoms with Gasteiger partial charge in [0.1, 0.15) is 6.61 Å². The molecule has 1 atom stereocenters. The third-order valence-electron chi connectivity index (χ3n) is 3.56. The smallest absolute Gasteiger partial charge is 0.255 e. The van der Waals surface area contributed by atoms with E-state index < -0.39 is 11.8 Å². The number of carbonyl (C=O) groups is 1. The Hall–Kier alpha value is -2.61. The third-order valence-corrected chi connectivity index (χ3v) is 3.56. The maximum absolute atomic E-state index is 12.1. The van der Waals surface area contributed by atoms with Gasteiger partial charge in [0.05, 0.1) is 11.5 Å². The highest BCUT2D eigenvalue weighted by Crippen LogP contribution is 2.25. The molecule has 0 bridgehead atoms. The number of nitrogens with one attached hydrogen (secondary N) is 1. The van der Waals surface area contributed by atoms with Crippen LogP contribution < -0.4 is 5.48 Å². The van der Waals surface area contributed by atoms with Gasteiger partial charge in [0.15, 0.2) is 0 Å². The molecular weight excluding hydrogens is 314 g/mol. The van der Waals surface area contributed by atoms with Crippen molar-refractivity contribution in [3.8, 4) is 11.8 Å². The van der Waals surface area contributed by atoms with Gasteiger partial charge >= 0.3 is 0 Å². The summed E-state index contributed by atoms with van der Waals surface area (Å²) >= 11 is 0. The molecule has 1 unspecified atom stereocenters. The summed E-state index contributed by atoms with van der Waals surface area (Å²) in [5, 5.41) is 9.06. The molecule has 2 rings (SSSR count). The molecule has 1 amide bonds. The summed E-state index contributed by atoms with van der Waals surface area (Å²) in [6.45, 7) is 6.32. The number of amides is 1. The second-order valence-corrected chi connectivity index (χ2v) is 6.64. The number of ether oxygens (including phenoxy) is 1. The van der Waals surface area contributed by atoms with E-state index >= 15 is 0 Å². The lowest BCUT2D eigenvalue weighted by molar-refractivity contribution is -0.129. The minimum atomic E-state index is -0.572. The van der Waals surface area contributed by atoms with Gasteiger partial charge in [-0.3, -0.25) is 10.0 Å². The maximum Gasteiger partial charge on any atom is 0.255 e. The first-order valence-corrected chi connectivity index (χ1v) is 8.12. The Labute approximate surface area is 148 Å². The summed E-state index contributed by atoms with van der Waals surface area (Å²) < 4.78 is 5.56. The zero-order valence-electron chi connectivity index (χ0n) is 14.7. The van der Waals surface area contributed by atoms with Crippen LogP contribution in [0.4, 0.5) is 0 Å². The fraction of sp³-hybridized carbons (Fsp3) is 0.286. The molecule has 0 radical (unpaired) electrons. The lowest BCUT2D eigenvalue weighted by Crippen LogP contribution is -2.27. The zero-order chi connectivity index (χ0) is 18.3. The van der Waals surface area contributed by atoms with Crippen molar-refractivity contribution in [2.24, 2.45) is 0 Å². The van der Waals surface area contributed by atoms with Gasteiger partial charge in [-0.2, -0.15) is 0 Å². The first-order chi connectivity index (χ1) is 11.9. The predicted octanol–water partition coefficient (Wildman–Crippen LogP) is 3.49. The minimum absolute atomic E-state index is 0.209. The molecule has 0 aromatic heterocycles. The number of hydroxylamine groups is 1. The number of carbonyl (C=O) groups excluding carboxylic acids is 1. The molecule has 0 aliphatic rings. The molecule has 0 aliphatic heterocycles. The summed E-state index contributed by atoms with van der Waals surface area (Å²) in [6, 6.07) is 16.7. The maximum atomic E-state index is 12.1. The molecule has 130 valence electrons. The summed E-state index contributed by atoms with van der Waals surface area (Å²) in [5.41, 5.74) is 3.98. The van der Waals surface area contributed by atoms with Gasteiger partial charge in [0.25, 0.3) is 5.91 Å². The van der Waals surface area contributed by atoms with Gasteiger partial charge in [0.2, 0.25) is 0 Å². The van der Waals surface area contributed by atoms with E-state index in [1.807, 2.05) is 75.4 Å². The van der Waals surface area contributed by atoms with Crippen LogP contribution in [0.5, 0.6) is 0 Å². The zero-order valence-corrected chi connectivity index (χ0v) is 14.7. The molecule has 2 aromatic rings. The fourth-order valence-electron chi connectivity index (χ4n) is 2.35. The topological polar surface area (TPSA) is 58.6 Å². The number of hydrogen-bond acceptors (Lipinski definition) is 3. The quantitative estimate of drug-likeness (QED) is 0.510. The first kappa shape index (κ1) is 18.7. The van der Waals surface area contributed by atoms with E-state index in [1.165, 1.54) is 0 Å². The predicted molar refractivity (Wildman–Crippen MR) is 97.2 cm³/mol. The van der Waals surface area contributed by atoms with Gasteiger partial charge < -0.3 is 4.74 Å². The van der Waals surface area contributed by atoms with Gasteiger partial charge in [-0.15, -0.1) is 0 Å². The third kappa shape index (κ3) is 5.75. The highest BCUT2D eigenvalue weighted by atomic mass is 16.5. The van der Waals surface area contributed by atoms with E-state index in [9.17, 15) is 4.79 Å². The summed E-state index contributed by atoms with van der Waals surface area (Å²) in [5.74, 6) is 4.98. The highest BCUT2D eigenvalue weighted by molar-refractivity contribution is 5.86. The van der Waals surface area contributed by atoms with Crippen LogP contribution >= 0.6 is 0 Å². The highest BCUT2D eigenvalue weighted by Gasteiger charge is 2.22. The monoisotopic (exact) mass is 337 g/mol. The number of rotatable bonds is 4. The van der Waals surface area contributed by atoms with Crippen LogP contribution in [0.15, 0.2) is 54.6 Å². The molecule has 4 nitrogen and oxygen atoms in total. The van der Waals surface area contributed by atoms with Crippen LogP contribution in [0.25, 0.3) is 0 Å². The molecule has 0 spiro atoms. The van der Waals surface area contributed by atoms with Crippen molar-refractivity contribution in [3.63, 3.8) is 0 Å². The van der Waals surface area contributed by atoms with Crippen molar-refractivity contribution in [1.29, 1.82) is 0 Å². The number of hydrogen-bond donors (Lipinski definition) is 2. The Bertz CT molecular complexity index is 750. The normalized spacial score (nSPS) is 12.0. The van der Waals surface area contributed by atoms with Gasteiger partial charge in [-0.25, -0.2) is 5.48 Å². The Morgan fingerprint density at radius 3 is 2.24 bits per heavy atom. The molecular formula is C21H23NO3. The molecule has 0 heterocycles. The SMILES string of the molecule is CC(C)(C)OCC#Cc1ccc(C(C(=O)NO)c2ccccc2)cc1. The molecule has 2 N–H and O–H groups in total. The second-order valence-electron chi connectivity index (χ2n) is 6.64. The second kappa shape index (κ2) is 8.48. The lowest BCUT2D eigenvalue weighted by Gasteiger charge is -2.17. The Morgan fingerprint density at radius 2 is 1.68 bits per heavy atom. The van der Waals surface area contributed by atoms with Gasteiger partial charge in [-0.1, -0.05) is 54.3 Å². The molecule has 0 aliphatic carbocycles. The van der Waals surface area contributed by atoms with Crippen LogP contribution in [0.3, 0.4) is 0 Å². The average molecular weight is 337 g/mol. The van der Waals surface area contributed by atoms with Crippen LogP contribution in [0.2, 0.25) is 0 Å². The molecule has 0 saturated heterocycles. The van der Waals surface area contributed by atoms with E-state index in [4.69, 9.17) is 9.94 Å². The largest absolute Gasteiger partial charge is 0.363 e. The van der Waals surface area contributed by atoms with E-state index in [0.29, 0.717) is 6.61 Å². The first-order valence-electron chi connectivity index (χ1n) is 8.12. The van der Waals surface area contributed by atoms with Crippen LogP contribution in [0.1, 0.15) is 43.4 Å². The van der Waals surface area contributed by atoms with E-state index in [-0.39, 0.29) is 5.60 Å². The Balaban J connectivity index is 2.16. The van der Waals surface area contributed by atoms with Crippen molar-refractivity contribution < 1.29 is 14.7 Å². The van der Waals surface area contributed by atoms with Crippen molar-refractivity contribution in [1.82, 2.24) is 5.48 Å². The van der Waals surface area contributed by atoms with Crippen molar-refractivity contribution in [2.45, 2.75) is 32.3 Å². The van der Waals surface area contributed by atoms with E-state index in [2.05, 4.69) is 11.8 Å². The fourth-order valence-corrected chi connectivity index (χ4v) is 2.35. The molecule has 0 fully saturated rings. The lowest BCUT2D eigenvalue weighted by atomic mass is 9.90. The number of benzene rings is 2.